The Balaban J connectivity index is 1.76. The van der Waals surface area contributed by atoms with Crippen molar-refractivity contribution in [2.75, 3.05) is 43.5 Å². The fraction of sp³-hybridized carbons (Fsp3) is 0.375. The first-order valence-electron chi connectivity index (χ1n) is 7.75. The summed E-state index contributed by atoms with van der Waals surface area (Å²) < 4.78 is 5.36. The summed E-state index contributed by atoms with van der Waals surface area (Å²) in [5, 5.41) is 11.2. The van der Waals surface area contributed by atoms with Gasteiger partial charge in [0.15, 0.2) is 5.82 Å². The quantitative estimate of drug-likeness (QED) is 0.826. The number of benzene rings is 1. The fourth-order valence-corrected chi connectivity index (χ4v) is 2.60. The van der Waals surface area contributed by atoms with Crippen molar-refractivity contribution in [1.82, 2.24) is 20.1 Å². The summed E-state index contributed by atoms with van der Waals surface area (Å²) in [7, 11) is 1.62. The molecule has 0 aliphatic carbocycles. The molecular formula is C16H20N6O2. The number of carbonyl (C=O) groups is 1. The lowest BCUT2D eigenvalue weighted by atomic mass is 10.2. The number of aromatic nitrogens is 3. The molecule has 8 heteroatoms. The van der Waals surface area contributed by atoms with E-state index in [4.69, 9.17) is 4.74 Å². The van der Waals surface area contributed by atoms with E-state index in [0.717, 1.165) is 36.6 Å². The molecule has 2 heterocycles. The molecule has 1 aliphatic rings. The lowest BCUT2D eigenvalue weighted by Crippen LogP contribution is -2.46. The zero-order valence-electron chi connectivity index (χ0n) is 13.8. The number of anilines is 3. The SMILES string of the molecule is COc1ccc(C)cc1Nc1nncc(N2CCN(C=O)CC2)n1. The van der Waals surface area contributed by atoms with Gasteiger partial charge in [0.05, 0.1) is 19.0 Å². The van der Waals surface area contributed by atoms with Crippen LogP contribution in [0.25, 0.3) is 0 Å². The summed E-state index contributed by atoms with van der Waals surface area (Å²) in [6.07, 6.45) is 2.52. The van der Waals surface area contributed by atoms with Crippen molar-refractivity contribution >= 4 is 23.9 Å². The fourth-order valence-electron chi connectivity index (χ4n) is 2.60. The Hall–Kier alpha value is -2.90. The summed E-state index contributed by atoms with van der Waals surface area (Å²) >= 11 is 0. The minimum absolute atomic E-state index is 0.411. The van der Waals surface area contributed by atoms with Gasteiger partial charge in [0.25, 0.3) is 0 Å². The average Bonchev–Trinajstić information content (AvgIpc) is 2.62. The van der Waals surface area contributed by atoms with E-state index in [9.17, 15) is 4.79 Å². The molecule has 1 aromatic carbocycles. The van der Waals surface area contributed by atoms with Crippen molar-refractivity contribution in [3.05, 3.63) is 30.0 Å². The number of methoxy groups -OCH3 is 1. The number of hydrogen-bond donors (Lipinski definition) is 1. The van der Waals surface area contributed by atoms with E-state index in [2.05, 4.69) is 25.4 Å². The maximum Gasteiger partial charge on any atom is 0.249 e. The number of amides is 1. The van der Waals surface area contributed by atoms with Gasteiger partial charge in [-0.2, -0.15) is 10.1 Å². The number of hydrogen-bond acceptors (Lipinski definition) is 7. The highest BCUT2D eigenvalue weighted by molar-refractivity contribution is 5.64. The van der Waals surface area contributed by atoms with Crippen LogP contribution in [0.2, 0.25) is 0 Å². The van der Waals surface area contributed by atoms with Crippen LogP contribution in [0.15, 0.2) is 24.4 Å². The van der Waals surface area contributed by atoms with Crippen LogP contribution >= 0.6 is 0 Å². The second-order valence-electron chi connectivity index (χ2n) is 5.60. The highest BCUT2D eigenvalue weighted by Gasteiger charge is 2.17. The van der Waals surface area contributed by atoms with Gasteiger partial charge in [0.2, 0.25) is 12.4 Å². The molecule has 8 nitrogen and oxygen atoms in total. The molecular weight excluding hydrogens is 308 g/mol. The van der Waals surface area contributed by atoms with Crippen molar-refractivity contribution in [3.8, 4) is 5.75 Å². The number of carbonyl (C=O) groups excluding carboxylic acids is 1. The molecule has 0 bridgehead atoms. The summed E-state index contributed by atoms with van der Waals surface area (Å²) in [4.78, 5) is 19.2. The molecule has 24 heavy (non-hydrogen) atoms. The minimum Gasteiger partial charge on any atom is -0.495 e. The largest absolute Gasteiger partial charge is 0.495 e. The van der Waals surface area contributed by atoms with Crippen molar-refractivity contribution < 1.29 is 9.53 Å². The van der Waals surface area contributed by atoms with Gasteiger partial charge >= 0.3 is 0 Å². The smallest absolute Gasteiger partial charge is 0.249 e. The van der Waals surface area contributed by atoms with Crippen molar-refractivity contribution in [2.45, 2.75) is 6.92 Å². The van der Waals surface area contributed by atoms with Gasteiger partial charge < -0.3 is 19.9 Å². The Morgan fingerprint density at radius 2 is 2.04 bits per heavy atom. The van der Waals surface area contributed by atoms with Gasteiger partial charge in [-0.25, -0.2) is 0 Å². The van der Waals surface area contributed by atoms with Crippen molar-refractivity contribution in [3.63, 3.8) is 0 Å². The Morgan fingerprint density at radius 3 is 2.75 bits per heavy atom. The predicted molar refractivity (Wildman–Crippen MR) is 90.7 cm³/mol. The Bertz CT molecular complexity index is 715. The Labute approximate surface area is 140 Å². The lowest BCUT2D eigenvalue weighted by Gasteiger charge is -2.33. The van der Waals surface area contributed by atoms with E-state index in [1.54, 1.807) is 18.2 Å². The van der Waals surface area contributed by atoms with Crippen molar-refractivity contribution in [1.29, 1.82) is 0 Å². The molecule has 126 valence electrons. The van der Waals surface area contributed by atoms with E-state index in [1.165, 1.54) is 0 Å². The highest BCUT2D eigenvalue weighted by Crippen LogP contribution is 2.27. The lowest BCUT2D eigenvalue weighted by molar-refractivity contribution is -0.118. The molecule has 1 aliphatic heterocycles. The van der Waals surface area contributed by atoms with Gasteiger partial charge in [-0.3, -0.25) is 4.79 Å². The highest BCUT2D eigenvalue weighted by atomic mass is 16.5. The van der Waals surface area contributed by atoms with E-state index in [-0.39, 0.29) is 0 Å². The molecule has 1 saturated heterocycles. The van der Waals surface area contributed by atoms with Crippen LogP contribution in [-0.4, -0.2) is 59.8 Å². The minimum atomic E-state index is 0.411. The molecule has 0 unspecified atom stereocenters. The van der Waals surface area contributed by atoms with E-state index in [1.807, 2.05) is 25.1 Å². The number of piperazine rings is 1. The van der Waals surface area contributed by atoms with Crippen LogP contribution in [-0.2, 0) is 4.79 Å². The third kappa shape index (κ3) is 3.53. The van der Waals surface area contributed by atoms with Gasteiger partial charge in [-0.1, -0.05) is 6.07 Å². The maximum absolute atomic E-state index is 10.8. The van der Waals surface area contributed by atoms with Gasteiger partial charge in [-0.15, -0.1) is 5.10 Å². The van der Waals surface area contributed by atoms with Gasteiger partial charge in [0, 0.05) is 26.2 Å². The van der Waals surface area contributed by atoms with Crippen LogP contribution < -0.4 is 15.0 Å². The van der Waals surface area contributed by atoms with Gasteiger partial charge in [0.1, 0.15) is 5.75 Å². The summed E-state index contributed by atoms with van der Waals surface area (Å²) in [6.45, 7) is 4.83. The summed E-state index contributed by atoms with van der Waals surface area (Å²) in [5.74, 6) is 1.87. The molecule has 2 aromatic rings. The molecule has 0 atom stereocenters. The van der Waals surface area contributed by atoms with Crippen LogP contribution in [0.3, 0.4) is 0 Å². The standard InChI is InChI=1S/C16H20N6O2/c1-12-3-4-14(24-2)13(9-12)18-16-19-15(10-17-20-16)22-7-5-21(11-23)6-8-22/h3-4,9-11H,5-8H2,1-2H3,(H,18,19,20). The van der Waals surface area contributed by atoms with E-state index in [0.29, 0.717) is 24.8 Å². The van der Waals surface area contributed by atoms with E-state index < -0.39 is 0 Å². The molecule has 1 amide bonds. The topological polar surface area (TPSA) is 83.5 Å². The van der Waals surface area contributed by atoms with E-state index >= 15 is 0 Å². The third-order valence-electron chi connectivity index (χ3n) is 3.93. The average molecular weight is 328 g/mol. The number of rotatable bonds is 5. The molecule has 0 spiro atoms. The molecule has 1 N–H and O–H groups in total. The maximum atomic E-state index is 10.8. The van der Waals surface area contributed by atoms with Crippen LogP contribution in [0.5, 0.6) is 5.75 Å². The first-order valence-corrected chi connectivity index (χ1v) is 7.75. The summed E-state index contributed by atoms with van der Waals surface area (Å²) in [6, 6.07) is 5.84. The van der Waals surface area contributed by atoms with Crippen molar-refractivity contribution in [2.24, 2.45) is 0 Å². The molecule has 0 saturated carbocycles. The van der Waals surface area contributed by atoms with Crippen LogP contribution in [0.1, 0.15) is 5.56 Å². The van der Waals surface area contributed by atoms with Gasteiger partial charge in [-0.05, 0) is 24.6 Å². The normalized spacial score (nSPS) is 14.4. The third-order valence-corrected chi connectivity index (χ3v) is 3.93. The summed E-state index contributed by atoms with van der Waals surface area (Å²) in [5.41, 5.74) is 1.90. The number of aryl methyl sites for hydroxylation is 1. The Morgan fingerprint density at radius 1 is 1.25 bits per heavy atom. The van der Waals surface area contributed by atoms with Crippen LogP contribution in [0, 0.1) is 6.92 Å². The second-order valence-corrected chi connectivity index (χ2v) is 5.60. The monoisotopic (exact) mass is 328 g/mol. The first-order chi connectivity index (χ1) is 11.7. The predicted octanol–water partition coefficient (Wildman–Crippen LogP) is 1.21. The molecule has 1 fully saturated rings. The number of nitrogens with one attached hydrogen (secondary N) is 1. The number of ether oxygens (including phenoxy) is 1. The zero-order valence-corrected chi connectivity index (χ0v) is 13.8. The molecule has 1 aromatic heterocycles. The molecule has 3 rings (SSSR count). The number of nitrogens with zero attached hydrogens (tertiary/aromatic N) is 5. The Kier molecular flexibility index (Phi) is 4.74. The first kappa shape index (κ1) is 16.0. The molecule has 0 radical (unpaired) electrons. The zero-order chi connectivity index (χ0) is 16.9. The second kappa shape index (κ2) is 7.12. The van der Waals surface area contributed by atoms with Crippen LogP contribution in [0.4, 0.5) is 17.5 Å².